The first kappa shape index (κ1) is 19.0. The number of benzene rings is 1. The first-order valence-corrected chi connectivity index (χ1v) is 8.28. The van der Waals surface area contributed by atoms with Crippen molar-refractivity contribution in [2.75, 3.05) is 19.8 Å². The molecule has 2 rings (SSSR count). The molecule has 0 amide bonds. The van der Waals surface area contributed by atoms with Crippen LogP contribution in [-0.4, -0.2) is 47.1 Å². The molecule has 8 heteroatoms. The molecule has 138 valence electrons. The van der Waals surface area contributed by atoms with Crippen LogP contribution in [0.5, 0.6) is 5.75 Å². The van der Waals surface area contributed by atoms with Crippen molar-refractivity contribution < 1.29 is 19.8 Å². The third-order valence-corrected chi connectivity index (χ3v) is 4.17. The van der Waals surface area contributed by atoms with Crippen LogP contribution in [0.3, 0.4) is 0 Å². The summed E-state index contributed by atoms with van der Waals surface area (Å²) in [6, 6.07) is 5.79. The molecule has 3 N–H and O–H groups in total. The monoisotopic (exact) mass is 351 g/mol. The van der Waals surface area contributed by atoms with E-state index in [1.807, 2.05) is 39.0 Å². The number of hydrogen-bond donors (Lipinski definition) is 3. The summed E-state index contributed by atoms with van der Waals surface area (Å²) in [7, 11) is 0. The second kappa shape index (κ2) is 8.68. The first-order valence-electron chi connectivity index (χ1n) is 8.28. The molecular weight excluding hydrogens is 326 g/mol. The fraction of sp³-hybridized carbons (Fsp3) is 0.529. The van der Waals surface area contributed by atoms with E-state index in [1.54, 1.807) is 0 Å². The van der Waals surface area contributed by atoms with Crippen molar-refractivity contribution in [1.29, 1.82) is 0 Å². The molecule has 1 aromatic heterocycles. The number of nitrogens with zero attached hydrogens (tertiary/aromatic N) is 1. The lowest BCUT2D eigenvalue weighted by Gasteiger charge is -2.17. The topological polar surface area (TPSA) is 110 Å². The van der Waals surface area contributed by atoms with Gasteiger partial charge in [-0.25, -0.2) is 0 Å². The lowest BCUT2D eigenvalue weighted by molar-refractivity contribution is -0.757. The number of fused-ring (bicyclic) bond motifs is 1. The zero-order valence-corrected chi connectivity index (χ0v) is 14.7. The maximum atomic E-state index is 10.1. The number of aromatic amines is 1. The van der Waals surface area contributed by atoms with Crippen molar-refractivity contribution in [3.63, 3.8) is 0 Å². The van der Waals surface area contributed by atoms with Gasteiger partial charge in [0.05, 0.1) is 6.61 Å². The molecule has 0 spiro atoms. The summed E-state index contributed by atoms with van der Waals surface area (Å²) in [5.74, 6) is 0.742. The molecule has 1 heterocycles. The van der Waals surface area contributed by atoms with E-state index in [2.05, 4.69) is 15.1 Å². The van der Waals surface area contributed by atoms with Gasteiger partial charge in [0.25, 0.3) is 5.09 Å². The zero-order chi connectivity index (χ0) is 18.4. The zero-order valence-electron chi connectivity index (χ0n) is 14.7. The van der Waals surface area contributed by atoms with Gasteiger partial charge in [-0.15, -0.1) is 10.1 Å². The average molecular weight is 351 g/mol. The van der Waals surface area contributed by atoms with Crippen LogP contribution in [0, 0.1) is 24.0 Å². The standard InChI is InChI=1S/C17H25N3O5/c1-11(7-8-25-20(22)23)18-9-14(21)10-24-16-6-4-5-15-17(16)12(2)13(3)19-15/h4-6,11,14,18-19,21H,7-10H2,1-3H3. The lowest BCUT2D eigenvalue weighted by atomic mass is 10.1. The SMILES string of the molecule is Cc1[nH]c2cccc(OCC(O)CNC(C)CCO[N+](=O)[O-])c2c1C. The van der Waals surface area contributed by atoms with Gasteiger partial charge in [0.2, 0.25) is 0 Å². The summed E-state index contributed by atoms with van der Waals surface area (Å²) in [5, 5.41) is 23.5. The van der Waals surface area contributed by atoms with Gasteiger partial charge in [-0.05, 0) is 44.9 Å². The van der Waals surface area contributed by atoms with Crippen molar-refractivity contribution in [3.8, 4) is 5.75 Å². The second-order valence-electron chi connectivity index (χ2n) is 6.17. The number of ether oxygens (including phenoxy) is 1. The minimum Gasteiger partial charge on any atom is -0.490 e. The number of hydrogen-bond acceptors (Lipinski definition) is 6. The molecule has 25 heavy (non-hydrogen) atoms. The van der Waals surface area contributed by atoms with Gasteiger partial charge in [-0.2, -0.15) is 0 Å². The first-order chi connectivity index (χ1) is 11.9. The Labute approximate surface area is 146 Å². The Morgan fingerprint density at radius 1 is 1.40 bits per heavy atom. The van der Waals surface area contributed by atoms with Crippen molar-refractivity contribution in [2.24, 2.45) is 0 Å². The van der Waals surface area contributed by atoms with Gasteiger partial charge >= 0.3 is 0 Å². The molecule has 0 aliphatic rings. The maximum absolute atomic E-state index is 10.1. The number of aliphatic hydroxyl groups is 1. The van der Waals surface area contributed by atoms with Gasteiger partial charge in [-0.1, -0.05) is 6.07 Å². The number of nitrogens with one attached hydrogen (secondary N) is 2. The van der Waals surface area contributed by atoms with Crippen LogP contribution in [0.2, 0.25) is 0 Å². The highest BCUT2D eigenvalue weighted by Crippen LogP contribution is 2.30. The van der Waals surface area contributed by atoms with Gasteiger partial charge in [-0.3, -0.25) is 0 Å². The van der Waals surface area contributed by atoms with E-state index in [-0.39, 0.29) is 19.3 Å². The molecule has 1 aromatic carbocycles. The van der Waals surface area contributed by atoms with Crippen LogP contribution in [0.1, 0.15) is 24.6 Å². The molecular formula is C17H25N3O5. The highest BCUT2D eigenvalue weighted by molar-refractivity contribution is 5.90. The number of aliphatic hydroxyl groups excluding tert-OH is 1. The van der Waals surface area contributed by atoms with Crippen molar-refractivity contribution in [2.45, 2.75) is 39.3 Å². The van der Waals surface area contributed by atoms with E-state index in [1.165, 1.54) is 0 Å². The highest BCUT2D eigenvalue weighted by Gasteiger charge is 2.12. The van der Waals surface area contributed by atoms with Crippen LogP contribution >= 0.6 is 0 Å². The fourth-order valence-corrected chi connectivity index (χ4v) is 2.61. The van der Waals surface area contributed by atoms with Crippen LogP contribution in [0.25, 0.3) is 10.9 Å². The molecule has 2 unspecified atom stereocenters. The van der Waals surface area contributed by atoms with Gasteiger partial charge in [0.1, 0.15) is 18.5 Å². The van der Waals surface area contributed by atoms with Crippen molar-refractivity contribution in [3.05, 3.63) is 39.6 Å². The summed E-state index contributed by atoms with van der Waals surface area (Å²) < 4.78 is 5.80. The van der Waals surface area contributed by atoms with Crippen LogP contribution < -0.4 is 10.1 Å². The van der Waals surface area contributed by atoms with Crippen LogP contribution in [0.15, 0.2) is 18.2 Å². The van der Waals surface area contributed by atoms with Crippen molar-refractivity contribution in [1.82, 2.24) is 10.3 Å². The summed E-state index contributed by atoms with van der Waals surface area (Å²) in [4.78, 5) is 17.7. The van der Waals surface area contributed by atoms with E-state index in [9.17, 15) is 15.2 Å². The quantitative estimate of drug-likeness (QED) is 0.447. The Morgan fingerprint density at radius 3 is 2.88 bits per heavy atom. The summed E-state index contributed by atoms with van der Waals surface area (Å²) in [6.45, 7) is 6.45. The maximum Gasteiger partial charge on any atom is 0.294 e. The Kier molecular flexibility index (Phi) is 6.60. The van der Waals surface area contributed by atoms with Gasteiger partial charge in [0, 0.05) is 29.2 Å². The lowest BCUT2D eigenvalue weighted by Crippen LogP contribution is -2.37. The Balaban J connectivity index is 1.80. The van der Waals surface area contributed by atoms with Crippen molar-refractivity contribution >= 4 is 10.9 Å². The fourth-order valence-electron chi connectivity index (χ4n) is 2.61. The summed E-state index contributed by atoms with van der Waals surface area (Å²) >= 11 is 0. The van der Waals surface area contributed by atoms with Crippen LogP contribution in [-0.2, 0) is 4.84 Å². The van der Waals surface area contributed by atoms with E-state index in [0.29, 0.717) is 13.0 Å². The normalized spacial score (nSPS) is 13.6. The van der Waals surface area contributed by atoms with Gasteiger partial charge in [0.15, 0.2) is 0 Å². The largest absolute Gasteiger partial charge is 0.490 e. The third-order valence-electron chi connectivity index (χ3n) is 4.17. The predicted octanol–water partition coefficient (Wildman–Crippen LogP) is 2.10. The molecule has 0 aliphatic carbocycles. The molecule has 0 radical (unpaired) electrons. The van der Waals surface area contributed by atoms with E-state index < -0.39 is 11.2 Å². The molecule has 2 atom stereocenters. The summed E-state index contributed by atoms with van der Waals surface area (Å²) in [6.07, 6.45) is -0.204. The minimum absolute atomic E-state index is 0.00685. The number of aromatic nitrogens is 1. The Hall–Kier alpha value is -2.32. The second-order valence-corrected chi connectivity index (χ2v) is 6.17. The number of H-pyrrole nitrogens is 1. The molecule has 8 nitrogen and oxygen atoms in total. The third kappa shape index (κ3) is 5.33. The summed E-state index contributed by atoms with van der Waals surface area (Å²) in [5.41, 5.74) is 3.25. The Bertz CT molecular complexity index is 716. The number of rotatable bonds is 10. The molecule has 0 bridgehead atoms. The van der Waals surface area contributed by atoms with Crippen LogP contribution in [0.4, 0.5) is 0 Å². The van der Waals surface area contributed by atoms with E-state index >= 15 is 0 Å². The smallest absolute Gasteiger partial charge is 0.294 e. The van der Waals surface area contributed by atoms with E-state index in [4.69, 9.17) is 4.74 Å². The average Bonchev–Trinajstić information content (AvgIpc) is 2.85. The molecule has 0 saturated heterocycles. The predicted molar refractivity (Wildman–Crippen MR) is 94.3 cm³/mol. The molecule has 0 fully saturated rings. The van der Waals surface area contributed by atoms with Gasteiger partial charge < -0.3 is 25.0 Å². The molecule has 2 aromatic rings. The van der Waals surface area contributed by atoms with E-state index in [0.717, 1.165) is 27.9 Å². The minimum atomic E-state index is -0.805. The molecule has 0 aliphatic heterocycles. The Morgan fingerprint density at radius 2 is 2.16 bits per heavy atom. The number of aryl methyl sites for hydroxylation is 2. The molecule has 0 saturated carbocycles. The highest BCUT2D eigenvalue weighted by atomic mass is 16.9.